The van der Waals surface area contributed by atoms with E-state index in [1.807, 2.05) is 0 Å². The molecule has 2 rings (SSSR count). The highest BCUT2D eigenvalue weighted by molar-refractivity contribution is 5.68. The average Bonchev–Trinajstić information content (AvgIpc) is 3.00. The first-order chi connectivity index (χ1) is 16.3. The SMILES string of the molecule is CC(=O)OC[C@H]1OC(OC2(COC(C)=O)O[C@H](CO)[C@@H](O)[C@@H]2O)[C@H](OC(C)=O)[C@@H](OC(C)=O)[C@@H]1O. The molecule has 0 saturated carbocycles. The van der Waals surface area contributed by atoms with Crippen LogP contribution in [0, 0.1) is 0 Å². The van der Waals surface area contributed by atoms with Gasteiger partial charge in [0.2, 0.25) is 12.1 Å². The Morgan fingerprint density at radius 1 is 0.800 bits per heavy atom. The number of aliphatic hydroxyl groups is 4. The molecule has 0 aromatic heterocycles. The van der Waals surface area contributed by atoms with E-state index in [-0.39, 0.29) is 0 Å². The smallest absolute Gasteiger partial charge is 0.303 e. The Bertz CT molecular complexity index is 786. The van der Waals surface area contributed by atoms with Gasteiger partial charge in [-0.1, -0.05) is 0 Å². The van der Waals surface area contributed by atoms with Gasteiger partial charge in [-0.05, 0) is 0 Å². The molecule has 2 saturated heterocycles. The number of hydrogen-bond donors (Lipinski definition) is 4. The lowest BCUT2D eigenvalue weighted by Gasteiger charge is -2.45. The van der Waals surface area contributed by atoms with Crippen molar-refractivity contribution < 1.29 is 72.8 Å². The molecule has 0 aromatic rings. The van der Waals surface area contributed by atoms with Crippen LogP contribution in [-0.4, -0.2) is 119 Å². The lowest BCUT2D eigenvalue weighted by atomic mass is 9.98. The van der Waals surface area contributed by atoms with Crippen molar-refractivity contribution in [1.82, 2.24) is 0 Å². The van der Waals surface area contributed by atoms with Gasteiger partial charge in [-0.15, -0.1) is 0 Å². The molecule has 2 aliphatic rings. The van der Waals surface area contributed by atoms with Crippen molar-refractivity contribution in [1.29, 1.82) is 0 Å². The van der Waals surface area contributed by atoms with Gasteiger partial charge in [0.05, 0.1) is 6.61 Å². The fourth-order valence-electron chi connectivity index (χ4n) is 3.62. The van der Waals surface area contributed by atoms with Gasteiger partial charge in [-0.2, -0.15) is 0 Å². The minimum absolute atomic E-state index is 0.539. The van der Waals surface area contributed by atoms with Gasteiger partial charge in [0.1, 0.15) is 43.7 Å². The predicted octanol–water partition coefficient (Wildman–Crippen LogP) is -3.11. The normalized spacial score (nSPS) is 36.8. The molecule has 2 heterocycles. The maximum absolute atomic E-state index is 11.8. The van der Waals surface area contributed by atoms with Gasteiger partial charge in [0.25, 0.3) is 0 Å². The summed E-state index contributed by atoms with van der Waals surface area (Å²) in [6, 6.07) is 0. The van der Waals surface area contributed by atoms with E-state index in [1.165, 1.54) is 0 Å². The van der Waals surface area contributed by atoms with E-state index in [0.717, 1.165) is 27.7 Å². The minimum atomic E-state index is -2.35. The molecule has 35 heavy (non-hydrogen) atoms. The van der Waals surface area contributed by atoms with Crippen molar-refractivity contribution in [2.24, 2.45) is 0 Å². The number of aliphatic hydroxyl groups excluding tert-OH is 4. The third-order valence-corrected chi connectivity index (χ3v) is 5.15. The Balaban J connectivity index is 2.47. The molecule has 0 amide bonds. The molecule has 200 valence electrons. The fourth-order valence-corrected chi connectivity index (χ4v) is 3.62. The number of carbonyl (C=O) groups is 4. The number of carbonyl (C=O) groups excluding carboxylic acids is 4. The van der Waals surface area contributed by atoms with Gasteiger partial charge in [0, 0.05) is 27.7 Å². The topological polar surface area (TPSA) is 214 Å². The van der Waals surface area contributed by atoms with Crippen molar-refractivity contribution in [2.75, 3.05) is 19.8 Å². The van der Waals surface area contributed by atoms with E-state index in [1.54, 1.807) is 0 Å². The molecule has 0 radical (unpaired) electrons. The first-order valence-corrected chi connectivity index (χ1v) is 10.6. The molecule has 15 heteroatoms. The van der Waals surface area contributed by atoms with Crippen LogP contribution in [0.2, 0.25) is 0 Å². The van der Waals surface area contributed by atoms with Crippen LogP contribution in [0.5, 0.6) is 0 Å². The minimum Gasteiger partial charge on any atom is -0.463 e. The van der Waals surface area contributed by atoms with Crippen molar-refractivity contribution in [3.8, 4) is 0 Å². The van der Waals surface area contributed by atoms with Crippen LogP contribution in [0.25, 0.3) is 0 Å². The molecule has 2 unspecified atom stereocenters. The molecule has 0 bridgehead atoms. The summed E-state index contributed by atoms with van der Waals surface area (Å²) in [4.78, 5) is 46.2. The van der Waals surface area contributed by atoms with Crippen LogP contribution in [0.4, 0.5) is 0 Å². The van der Waals surface area contributed by atoms with Gasteiger partial charge in [-0.25, -0.2) is 0 Å². The van der Waals surface area contributed by atoms with Crippen molar-refractivity contribution in [3.63, 3.8) is 0 Å². The van der Waals surface area contributed by atoms with E-state index < -0.39 is 98.5 Å². The van der Waals surface area contributed by atoms with Gasteiger partial charge < -0.3 is 53.6 Å². The maximum atomic E-state index is 11.8. The maximum Gasteiger partial charge on any atom is 0.303 e. The van der Waals surface area contributed by atoms with Crippen LogP contribution in [0.15, 0.2) is 0 Å². The van der Waals surface area contributed by atoms with Crippen LogP contribution in [0.3, 0.4) is 0 Å². The lowest BCUT2D eigenvalue weighted by molar-refractivity contribution is -0.384. The molecule has 15 nitrogen and oxygen atoms in total. The molecular weight excluding hydrogens is 480 g/mol. The van der Waals surface area contributed by atoms with E-state index in [4.69, 9.17) is 33.2 Å². The highest BCUT2D eigenvalue weighted by Gasteiger charge is 2.60. The summed E-state index contributed by atoms with van der Waals surface area (Å²) in [5.41, 5.74) is 0. The lowest BCUT2D eigenvalue weighted by Crippen LogP contribution is -2.64. The first kappa shape index (κ1) is 28.8. The zero-order chi connectivity index (χ0) is 26.5. The summed E-state index contributed by atoms with van der Waals surface area (Å²) in [5, 5.41) is 41.1. The molecule has 2 aliphatic heterocycles. The third kappa shape index (κ3) is 7.07. The summed E-state index contributed by atoms with van der Waals surface area (Å²) >= 11 is 0. The van der Waals surface area contributed by atoms with Crippen molar-refractivity contribution in [3.05, 3.63) is 0 Å². The second-order valence-electron chi connectivity index (χ2n) is 7.97. The Hall–Kier alpha value is -2.40. The molecule has 9 atom stereocenters. The number of rotatable bonds is 9. The summed E-state index contributed by atoms with van der Waals surface area (Å²) in [6.45, 7) is 2.09. The molecule has 4 N–H and O–H groups in total. The van der Waals surface area contributed by atoms with Gasteiger partial charge >= 0.3 is 23.9 Å². The Morgan fingerprint density at radius 3 is 1.86 bits per heavy atom. The summed E-state index contributed by atoms with van der Waals surface area (Å²) < 4.78 is 36.9. The highest BCUT2D eigenvalue weighted by Crippen LogP contribution is 2.38. The number of ether oxygens (including phenoxy) is 7. The van der Waals surface area contributed by atoms with Crippen molar-refractivity contribution >= 4 is 23.9 Å². The zero-order valence-corrected chi connectivity index (χ0v) is 19.5. The average molecular weight is 510 g/mol. The molecular formula is C20H30O15. The monoisotopic (exact) mass is 510 g/mol. The van der Waals surface area contributed by atoms with Crippen LogP contribution in [-0.2, 0) is 52.3 Å². The fraction of sp³-hybridized carbons (Fsp3) is 0.800. The van der Waals surface area contributed by atoms with E-state index >= 15 is 0 Å². The molecule has 0 spiro atoms. The van der Waals surface area contributed by atoms with Crippen LogP contribution in [0.1, 0.15) is 27.7 Å². The molecule has 0 aliphatic carbocycles. The van der Waals surface area contributed by atoms with Crippen molar-refractivity contribution in [2.45, 2.75) is 82.5 Å². The van der Waals surface area contributed by atoms with E-state index in [9.17, 15) is 39.6 Å². The quantitative estimate of drug-likeness (QED) is 0.178. The van der Waals surface area contributed by atoms with Crippen LogP contribution < -0.4 is 0 Å². The van der Waals surface area contributed by atoms with Crippen LogP contribution >= 0.6 is 0 Å². The Labute approximate surface area is 199 Å². The second-order valence-corrected chi connectivity index (χ2v) is 7.97. The third-order valence-electron chi connectivity index (χ3n) is 5.15. The van der Waals surface area contributed by atoms with E-state index in [2.05, 4.69) is 0 Å². The number of hydrogen-bond acceptors (Lipinski definition) is 15. The van der Waals surface area contributed by atoms with Gasteiger partial charge in [-0.3, -0.25) is 19.2 Å². The molecule has 2 fully saturated rings. The zero-order valence-electron chi connectivity index (χ0n) is 19.5. The predicted molar refractivity (Wildman–Crippen MR) is 107 cm³/mol. The number of esters is 4. The Kier molecular flexibility index (Phi) is 9.91. The van der Waals surface area contributed by atoms with Gasteiger partial charge in [0.15, 0.2) is 12.2 Å². The first-order valence-electron chi connectivity index (χ1n) is 10.6. The van der Waals surface area contributed by atoms with E-state index in [0.29, 0.717) is 0 Å². The molecule has 0 aromatic carbocycles. The standard InChI is InChI=1S/C20H30O15/c1-8(22)29-6-13-14(26)16(31-10(3)24)17(32-11(4)25)19(33-13)35-20(7-30-9(2)23)18(28)15(27)12(5-21)34-20/h12-19,21,26-28H,5-7H2,1-4H3/t12-,13-,14-,15-,16+,17-,18+,19?,20?/m1/s1. The second kappa shape index (κ2) is 12.0. The largest absolute Gasteiger partial charge is 0.463 e. The highest BCUT2D eigenvalue weighted by atomic mass is 16.8. The Morgan fingerprint density at radius 2 is 1.37 bits per heavy atom. The summed E-state index contributed by atoms with van der Waals surface area (Å²) in [5.74, 6) is -5.66. The summed E-state index contributed by atoms with van der Waals surface area (Å²) in [6.07, 6.45) is -13.1. The summed E-state index contributed by atoms with van der Waals surface area (Å²) in [7, 11) is 0.